The third-order valence-electron chi connectivity index (χ3n) is 4.65. The molecular weight excluding hydrogens is 442 g/mol. The van der Waals surface area contributed by atoms with E-state index in [1.807, 2.05) is 56.8 Å². The average molecular weight is 484 g/mol. The van der Waals surface area contributed by atoms with Crippen LogP contribution in [0, 0.1) is 5.41 Å². The molecular formula is C25H41NO6S. The van der Waals surface area contributed by atoms with Crippen LogP contribution in [0.1, 0.15) is 53.0 Å². The van der Waals surface area contributed by atoms with Crippen molar-refractivity contribution in [2.24, 2.45) is 5.41 Å². The zero-order valence-corrected chi connectivity index (χ0v) is 21.6. The number of carboxylic acid groups (broad SMARTS) is 1. The number of carbonyl (C=O) groups excluding carboxylic acids is 1. The van der Waals surface area contributed by atoms with Crippen LogP contribution in [0.25, 0.3) is 0 Å². The highest BCUT2D eigenvalue weighted by Gasteiger charge is 2.20. The van der Waals surface area contributed by atoms with E-state index >= 15 is 0 Å². The summed E-state index contributed by atoms with van der Waals surface area (Å²) in [5, 5.41) is 9.23. The summed E-state index contributed by atoms with van der Waals surface area (Å²) in [5.41, 5.74) is 0.775. The van der Waals surface area contributed by atoms with Crippen LogP contribution in [-0.2, 0) is 20.7 Å². The van der Waals surface area contributed by atoms with Crippen LogP contribution in [0.5, 0.6) is 5.75 Å². The lowest BCUT2D eigenvalue weighted by molar-refractivity contribution is -0.149. The molecule has 1 N–H and O–H groups in total. The van der Waals surface area contributed by atoms with Crippen LogP contribution in [0.15, 0.2) is 24.3 Å². The topological polar surface area (TPSA) is 85.3 Å². The molecule has 1 rings (SSSR count). The maximum Gasteiger partial charge on any atom is 0.409 e. The van der Waals surface area contributed by atoms with Gasteiger partial charge in [-0.1, -0.05) is 46.2 Å². The van der Waals surface area contributed by atoms with E-state index in [1.165, 1.54) is 12.8 Å². The summed E-state index contributed by atoms with van der Waals surface area (Å²) in [4.78, 5) is 25.5. The van der Waals surface area contributed by atoms with Crippen LogP contribution in [0.4, 0.5) is 4.79 Å². The van der Waals surface area contributed by atoms with E-state index in [9.17, 15) is 14.7 Å². The van der Waals surface area contributed by atoms with Crippen molar-refractivity contribution < 1.29 is 28.9 Å². The first-order chi connectivity index (χ1) is 15.7. The number of rotatable bonds is 16. The first kappa shape index (κ1) is 29.1. The molecule has 0 aliphatic carbocycles. The molecule has 7 nitrogen and oxygen atoms in total. The van der Waals surface area contributed by atoms with Crippen molar-refractivity contribution in [2.75, 3.05) is 44.4 Å². The number of amides is 1. The van der Waals surface area contributed by atoms with Gasteiger partial charge in [0.25, 0.3) is 0 Å². The maximum absolute atomic E-state index is 12.6. The molecule has 1 atom stereocenters. The molecule has 0 aliphatic rings. The summed E-state index contributed by atoms with van der Waals surface area (Å²) in [6.45, 7) is 12.2. The van der Waals surface area contributed by atoms with Crippen molar-refractivity contribution in [3.05, 3.63) is 29.8 Å². The van der Waals surface area contributed by atoms with Gasteiger partial charge in [-0.25, -0.2) is 9.59 Å². The molecule has 0 aromatic heterocycles. The number of carbonyl (C=O) groups is 2. The third kappa shape index (κ3) is 13.4. The highest BCUT2D eigenvalue weighted by molar-refractivity contribution is 7.99. The second-order valence-corrected chi connectivity index (χ2v) is 10.3. The van der Waals surface area contributed by atoms with Crippen molar-refractivity contribution in [1.29, 1.82) is 0 Å². The Kier molecular flexibility index (Phi) is 14.0. The van der Waals surface area contributed by atoms with Crippen LogP contribution >= 0.6 is 11.8 Å². The van der Waals surface area contributed by atoms with Gasteiger partial charge in [0.2, 0.25) is 0 Å². The van der Waals surface area contributed by atoms with Gasteiger partial charge in [0.1, 0.15) is 12.4 Å². The monoisotopic (exact) mass is 483 g/mol. The molecule has 1 aromatic carbocycles. The van der Waals surface area contributed by atoms with E-state index in [1.54, 1.807) is 11.8 Å². The number of hydrogen-bond acceptors (Lipinski definition) is 6. The fourth-order valence-electron chi connectivity index (χ4n) is 2.82. The molecule has 0 heterocycles. The van der Waals surface area contributed by atoms with Gasteiger partial charge >= 0.3 is 12.1 Å². The molecule has 8 heteroatoms. The fourth-order valence-corrected chi connectivity index (χ4v) is 3.86. The molecule has 0 aliphatic heterocycles. The minimum atomic E-state index is -0.969. The summed E-state index contributed by atoms with van der Waals surface area (Å²) in [7, 11) is 0. The Hall–Kier alpha value is -1.93. The summed E-state index contributed by atoms with van der Waals surface area (Å²) in [6, 6.07) is 7.29. The molecule has 0 fully saturated rings. The van der Waals surface area contributed by atoms with Crippen molar-refractivity contribution in [3.8, 4) is 5.75 Å². The van der Waals surface area contributed by atoms with Gasteiger partial charge in [-0.05, 0) is 42.2 Å². The molecule has 1 amide bonds. The predicted molar refractivity (Wildman–Crippen MR) is 133 cm³/mol. The van der Waals surface area contributed by atoms with Gasteiger partial charge in [-0.15, -0.1) is 0 Å². The Morgan fingerprint density at radius 1 is 1.09 bits per heavy atom. The van der Waals surface area contributed by atoms with E-state index in [-0.39, 0.29) is 11.5 Å². The quantitative estimate of drug-likeness (QED) is 0.327. The Morgan fingerprint density at radius 3 is 2.36 bits per heavy atom. The summed E-state index contributed by atoms with van der Waals surface area (Å²) >= 11 is 1.85. The fraction of sp³-hybridized carbons (Fsp3) is 0.680. The standard InChI is InChI=1S/C25H41NO6S/c1-6-8-16-33-17-14-26(24(29)32-19-25(3,4)5)13-15-31-21-11-9-20(10-12-21)18-22(23(27)28)30-7-2/h9-12,22H,6-8,13-19H2,1-5H3,(H,27,28). The minimum absolute atomic E-state index is 0.0860. The second-order valence-electron chi connectivity index (χ2n) is 9.05. The molecule has 188 valence electrons. The van der Waals surface area contributed by atoms with Crippen LogP contribution in [0.2, 0.25) is 0 Å². The number of benzene rings is 1. The molecule has 33 heavy (non-hydrogen) atoms. The number of hydrogen-bond donors (Lipinski definition) is 1. The highest BCUT2D eigenvalue weighted by atomic mass is 32.2. The number of carboxylic acids is 1. The molecule has 0 saturated heterocycles. The predicted octanol–water partition coefficient (Wildman–Crippen LogP) is 5.12. The van der Waals surface area contributed by atoms with Gasteiger partial charge in [-0.2, -0.15) is 11.8 Å². The van der Waals surface area contributed by atoms with Crippen molar-refractivity contribution in [1.82, 2.24) is 4.90 Å². The van der Waals surface area contributed by atoms with Gasteiger partial charge < -0.3 is 24.2 Å². The van der Waals surface area contributed by atoms with E-state index in [2.05, 4.69) is 6.92 Å². The zero-order valence-electron chi connectivity index (χ0n) is 20.8. The molecule has 0 saturated carbocycles. The van der Waals surface area contributed by atoms with Crippen LogP contribution in [0.3, 0.4) is 0 Å². The smallest absolute Gasteiger partial charge is 0.409 e. The van der Waals surface area contributed by atoms with Gasteiger partial charge in [0, 0.05) is 25.3 Å². The Bertz CT molecular complexity index is 689. The average Bonchev–Trinajstić information content (AvgIpc) is 2.76. The van der Waals surface area contributed by atoms with E-state index < -0.39 is 12.1 Å². The first-order valence-electron chi connectivity index (χ1n) is 11.7. The molecule has 0 spiro atoms. The van der Waals surface area contributed by atoms with Crippen molar-refractivity contribution in [2.45, 2.75) is 60.0 Å². The second kappa shape index (κ2) is 15.8. The Morgan fingerprint density at radius 2 is 1.79 bits per heavy atom. The van der Waals surface area contributed by atoms with Crippen LogP contribution < -0.4 is 4.74 Å². The van der Waals surface area contributed by atoms with E-state index in [4.69, 9.17) is 14.2 Å². The van der Waals surface area contributed by atoms with E-state index in [0.717, 1.165) is 17.1 Å². The SMILES string of the molecule is CCCCSCCN(CCOc1ccc(CC(OCC)C(=O)O)cc1)C(=O)OCC(C)(C)C. The third-order valence-corrected chi connectivity index (χ3v) is 5.70. The number of aliphatic carboxylic acids is 1. The van der Waals surface area contributed by atoms with Crippen LogP contribution in [-0.4, -0.2) is 72.6 Å². The summed E-state index contributed by atoms with van der Waals surface area (Å²) in [6.07, 6.45) is 1.47. The molecule has 0 bridgehead atoms. The summed E-state index contributed by atoms with van der Waals surface area (Å²) in [5.74, 6) is 1.66. The Balaban J connectivity index is 2.57. The minimum Gasteiger partial charge on any atom is -0.492 e. The van der Waals surface area contributed by atoms with Crippen molar-refractivity contribution in [3.63, 3.8) is 0 Å². The zero-order chi connectivity index (χ0) is 24.7. The number of nitrogens with zero attached hydrogens (tertiary/aromatic N) is 1. The van der Waals surface area contributed by atoms with Crippen molar-refractivity contribution >= 4 is 23.8 Å². The van der Waals surface area contributed by atoms with E-state index in [0.29, 0.717) is 45.1 Å². The lowest BCUT2D eigenvalue weighted by Gasteiger charge is -2.25. The number of thioether (sulfide) groups is 1. The first-order valence-corrected chi connectivity index (χ1v) is 12.9. The van der Waals surface area contributed by atoms with Gasteiger partial charge in [-0.3, -0.25) is 0 Å². The molecule has 1 aromatic rings. The number of ether oxygens (including phenoxy) is 3. The number of unbranched alkanes of at least 4 members (excludes halogenated alkanes) is 1. The highest BCUT2D eigenvalue weighted by Crippen LogP contribution is 2.16. The molecule has 1 unspecified atom stereocenters. The Labute approximate surface area is 203 Å². The maximum atomic E-state index is 12.6. The largest absolute Gasteiger partial charge is 0.492 e. The normalized spacial score (nSPS) is 12.3. The lowest BCUT2D eigenvalue weighted by atomic mass is 9.99. The van der Waals surface area contributed by atoms with Gasteiger partial charge in [0.15, 0.2) is 6.10 Å². The molecule has 0 radical (unpaired) electrons. The lowest BCUT2D eigenvalue weighted by Crippen LogP contribution is -2.38. The summed E-state index contributed by atoms with van der Waals surface area (Å²) < 4.78 is 16.6. The van der Waals surface area contributed by atoms with Gasteiger partial charge in [0.05, 0.1) is 13.2 Å².